The highest BCUT2D eigenvalue weighted by Crippen LogP contribution is 2.13. The number of nitrogens with zero attached hydrogens (tertiary/aromatic N) is 2. The molecule has 6 nitrogen and oxygen atoms in total. The van der Waals surface area contributed by atoms with Gasteiger partial charge in [-0.05, 0) is 19.4 Å². The lowest BCUT2D eigenvalue weighted by molar-refractivity contribution is 0.444. The van der Waals surface area contributed by atoms with Crippen LogP contribution >= 0.6 is 35.7 Å². The van der Waals surface area contributed by atoms with Gasteiger partial charge in [0.25, 0.3) is 0 Å². The van der Waals surface area contributed by atoms with Crippen LogP contribution in [0.5, 0.6) is 0 Å². The van der Waals surface area contributed by atoms with Crippen LogP contribution in [0.15, 0.2) is 35.3 Å². The summed E-state index contributed by atoms with van der Waals surface area (Å²) in [4.78, 5) is 4.44. The maximum absolute atomic E-state index is 12.4. The van der Waals surface area contributed by atoms with Crippen LogP contribution in [0.1, 0.15) is 25.5 Å². The van der Waals surface area contributed by atoms with Crippen molar-refractivity contribution in [2.24, 2.45) is 4.99 Å². The van der Waals surface area contributed by atoms with Crippen molar-refractivity contribution in [3.05, 3.63) is 35.9 Å². The van der Waals surface area contributed by atoms with Crippen molar-refractivity contribution in [3.63, 3.8) is 0 Å². The first-order chi connectivity index (χ1) is 12.0. The lowest BCUT2D eigenvalue weighted by atomic mass is 10.1. The van der Waals surface area contributed by atoms with Crippen molar-refractivity contribution in [1.29, 1.82) is 0 Å². The Morgan fingerprint density at radius 3 is 2.54 bits per heavy atom. The molecule has 1 saturated heterocycles. The molecule has 0 spiro atoms. The summed E-state index contributed by atoms with van der Waals surface area (Å²) in [7, 11) is -3.22. The lowest BCUT2D eigenvalue weighted by Gasteiger charge is -2.25. The maximum atomic E-state index is 12.4. The Morgan fingerprint density at radius 2 is 1.92 bits per heavy atom. The van der Waals surface area contributed by atoms with E-state index in [9.17, 15) is 8.42 Å². The number of sulfonamides is 1. The highest BCUT2D eigenvalue weighted by atomic mass is 127. The molecule has 0 radical (unpaired) electrons. The zero-order valence-corrected chi connectivity index (χ0v) is 19.3. The molecule has 148 valence electrons. The van der Waals surface area contributed by atoms with E-state index in [1.807, 2.05) is 25.1 Å². The summed E-state index contributed by atoms with van der Waals surface area (Å²) in [6.45, 7) is 6.25. The van der Waals surface area contributed by atoms with Gasteiger partial charge in [0, 0.05) is 31.1 Å². The molecule has 26 heavy (non-hydrogen) atoms. The molecule has 1 aromatic rings. The Balaban J connectivity index is 0.00000338. The molecule has 0 aliphatic carbocycles. The van der Waals surface area contributed by atoms with Crippen LogP contribution in [-0.4, -0.2) is 62.1 Å². The Hall–Kier alpha value is -0.520. The smallest absolute Gasteiger partial charge is 0.215 e. The third-order valence-electron chi connectivity index (χ3n) is 3.98. The Morgan fingerprint density at radius 1 is 1.27 bits per heavy atom. The minimum Gasteiger partial charge on any atom is -0.357 e. The third kappa shape index (κ3) is 7.61. The Labute approximate surface area is 178 Å². The number of hydrogen-bond acceptors (Lipinski definition) is 4. The van der Waals surface area contributed by atoms with Crippen molar-refractivity contribution < 1.29 is 8.42 Å². The molecule has 1 atom stereocenters. The molecule has 0 bridgehead atoms. The van der Waals surface area contributed by atoms with Crippen LogP contribution in [0.3, 0.4) is 0 Å². The zero-order chi connectivity index (χ0) is 18.1. The highest BCUT2D eigenvalue weighted by molar-refractivity contribution is 14.0. The van der Waals surface area contributed by atoms with E-state index in [1.165, 1.54) is 0 Å². The molecule has 1 unspecified atom stereocenters. The van der Waals surface area contributed by atoms with E-state index in [0.29, 0.717) is 19.0 Å². The number of halogens is 1. The van der Waals surface area contributed by atoms with Gasteiger partial charge in [0.2, 0.25) is 10.0 Å². The van der Waals surface area contributed by atoms with Gasteiger partial charge in [0.15, 0.2) is 5.96 Å². The van der Waals surface area contributed by atoms with Gasteiger partial charge in [-0.3, -0.25) is 4.99 Å². The van der Waals surface area contributed by atoms with Gasteiger partial charge < -0.3 is 10.6 Å². The van der Waals surface area contributed by atoms with E-state index in [1.54, 1.807) is 16.1 Å². The largest absolute Gasteiger partial charge is 0.357 e. The third-order valence-corrected chi connectivity index (χ3v) is 6.77. The minimum atomic E-state index is -3.22. The van der Waals surface area contributed by atoms with Crippen LogP contribution in [0, 0.1) is 0 Å². The zero-order valence-electron chi connectivity index (χ0n) is 15.3. The first-order valence-electron chi connectivity index (χ1n) is 8.68. The van der Waals surface area contributed by atoms with Crippen LogP contribution in [0.2, 0.25) is 0 Å². The molecular weight excluding hydrogens is 483 g/mol. The van der Waals surface area contributed by atoms with Crippen LogP contribution in [0.25, 0.3) is 0 Å². The molecule has 0 amide bonds. The molecule has 9 heteroatoms. The summed E-state index contributed by atoms with van der Waals surface area (Å²) in [5.74, 6) is 2.44. The van der Waals surface area contributed by atoms with Gasteiger partial charge in [-0.1, -0.05) is 30.3 Å². The van der Waals surface area contributed by atoms with Crippen molar-refractivity contribution in [2.45, 2.75) is 19.9 Å². The van der Waals surface area contributed by atoms with E-state index < -0.39 is 10.0 Å². The number of aliphatic imine (C=N–C) groups is 1. The SMILES string of the molecule is CCNC(=NCCS(=O)(=O)N1CCSCC1)NC(C)c1ccccc1.I. The average Bonchev–Trinajstić information content (AvgIpc) is 2.63. The van der Waals surface area contributed by atoms with E-state index in [0.717, 1.165) is 23.6 Å². The monoisotopic (exact) mass is 512 g/mol. The molecule has 1 fully saturated rings. The van der Waals surface area contributed by atoms with Crippen molar-refractivity contribution in [2.75, 3.05) is 43.4 Å². The fraction of sp³-hybridized carbons (Fsp3) is 0.588. The van der Waals surface area contributed by atoms with Gasteiger partial charge >= 0.3 is 0 Å². The molecule has 1 heterocycles. The Bertz CT molecular complexity index is 650. The molecule has 0 aromatic heterocycles. The van der Waals surface area contributed by atoms with E-state index in [4.69, 9.17) is 0 Å². The van der Waals surface area contributed by atoms with Crippen LogP contribution in [-0.2, 0) is 10.0 Å². The maximum Gasteiger partial charge on any atom is 0.215 e. The first kappa shape index (κ1) is 23.5. The second-order valence-electron chi connectivity index (χ2n) is 5.86. The van der Waals surface area contributed by atoms with Crippen molar-refractivity contribution in [1.82, 2.24) is 14.9 Å². The van der Waals surface area contributed by atoms with E-state index in [-0.39, 0.29) is 42.3 Å². The number of guanidine groups is 1. The van der Waals surface area contributed by atoms with Gasteiger partial charge in [0.1, 0.15) is 0 Å². The second-order valence-corrected chi connectivity index (χ2v) is 9.18. The standard InChI is InChI=1S/C17H28N4O2S2.HI/c1-3-18-17(20-15(2)16-7-5-4-6-8-16)19-9-14-25(22,23)21-10-12-24-13-11-21;/h4-8,15H,3,9-14H2,1-2H3,(H2,18,19,20);1H. The van der Waals surface area contributed by atoms with Gasteiger partial charge in [-0.15, -0.1) is 24.0 Å². The second kappa shape index (κ2) is 12.0. The quantitative estimate of drug-likeness (QED) is 0.333. The summed E-state index contributed by atoms with van der Waals surface area (Å²) in [5.41, 5.74) is 1.16. The van der Waals surface area contributed by atoms with Gasteiger partial charge in [0.05, 0.1) is 18.3 Å². The van der Waals surface area contributed by atoms with E-state index >= 15 is 0 Å². The fourth-order valence-electron chi connectivity index (χ4n) is 2.58. The summed E-state index contributed by atoms with van der Waals surface area (Å²) in [6, 6.07) is 10.2. The molecule has 1 aromatic carbocycles. The van der Waals surface area contributed by atoms with Gasteiger partial charge in [-0.2, -0.15) is 11.8 Å². The normalized spacial score (nSPS) is 17.2. The van der Waals surface area contributed by atoms with Crippen molar-refractivity contribution in [3.8, 4) is 0 Å². The number of hydrogen-bond donors (Lipinski definition) is 2. The molecular formula is C17H29IN4O2S2. The molecule has 1 aliphatic heterocycles. The van der Waals surface area contributed by atoms with E-state index in [2.05, 4.69) is 34.7 Å². The van der Waals surface area contributed by atoms with Gasteiger partial charge in [-0.25, -0.2) is 12.7 Å². The average molecular weight is 512 g/mol. The predicted molar refractivity (Wildman–Crippen MR) is 122 cm³/mol. The fourth-order valence-corrected chi connectivity index (χ4v) is 5.03. The Kier molecular flexibility index (Phi) is 10.9. The summed E-state index contributed by atoms with van der Waals surface area (Å²) < 4.78 is 26.3. The molecule has 0 saturated carbocycles. The highest BCUT2D eigenvalue weighted by Gasteiger charge is 2.23. The summed E-state index contributed by atoms with van der Waals surface area (Å²) >= 11 is 1.80. The van der Waals surface area contributed by atoms with Crippen molar-refractivity contribution >= 4 is 51.7 Å². The minimum absolute atomic E-state index is 0. The topological polar surface area (TPSA) is 73.8 Å². The number of rotatable bonds is 7. The summed E-state index contributed by atoms with van der Waals surface area (Å²) in [5, 5.41) is 6.50. The molecule has 1 aliphatic rings. The number of nitrogens with one attached hydrogen (secondary N) is 2. The summed E-state index contributed by atoms with van der Waals surface area (Å²) in [6.07, 6.45) is 0. The molecule has 2 rings (SSSR count). The predicted octanol–water partition coefficient (Wildman–Crippen LogP) is 2.30. The van der Waals surface area contributed by atoms with Crippen LogP contribution in [0.4, 0.5) is 0 Å². The van der Waals surface area contributed by atoms with Crippen LogP contribution < -0.4 is 10.6 Å². The number of thioether (sulfide) groups is 1. The number of benzene rings is 1. The molecule has 2 N–H and O–H groups in total. The first-order valence-corrected chi connectivity index (χ1v) is 11.4. The lowest BCUT2D eigenvalue weighted by Crippen LogP contribution is -2.41.